The summed E-state index contributed by atoms with van der Waals surface area (Å²) in [6, 6.07) is 20.2. The number of fused-ring (bicyclic) bond motifs is 1. The first-order valence-corrected chi connectivity index (χ1v) is 9.11. The SMILES string of the molecule is CC1=C(c2cc(-c3ccc(C)c4ccccc34)ccc2C)CCC=C1. The Labute approximate surface area is 150 Å². The largest absolute Gasteiger partial charge is 0.0839 e. The van der Waals surface area contributed by atoms with Crippen LogP contribution in [0.1, 0.15) is 36.5 Å². The quantitative estimate of drug-likeness (QED) is 0.466. The van der Waals surface area contributed by atoms with Gasteiger partial charge in [-0.3, -0.25) is 0 Å². The summed E-state index contributed by atoms with van der Waals surface area (Å²) in [7, 11) is 0. The average Bonchev–Trinajstić information content (AvgIpc) is 2.64. The third-order valence-corrected chi connectivity index (χ3v) is 5.42. The molecule has 1 aliphatic rings. The maximum absolute atomic E-state index is 2.39. The van der Waals surface area contributed by atoms with Gasteiger partial charge in [-0.05, 0) is 89.4 Å². The molecule has 0 nitrogen and oxygen atoms in total. The van der Waals surface area contributed by atoms with E-state index in [0.717, 1.165) is 12.8 Å². The highest BCUT2D eigenvalue weighted by Crippen LogP contribution is 2.36. The zero-order valence-corrected chi connectivity index (χ0v) is 15.3. The van der Waals surface area contributed by atoms with Gasteiger partial charge in [-0.15, -0.1) is 0 Å². The zero-order valence-electron chi connectivity index (χ0n) is 15.3. The van der Waals surface area contributed by atoms with Crippen LogP contribution in [0.15, 0.2) is 72.3 Å². The molecule has 0 heteroatoms. The molecule has 0 N–H and O–H groups in total. The van der Waals surface area contributed by atoms with Crippen LogP contribution >= 0.6 is 0 Å². The number of rotatable bonds is 2. The molecule has 0 atom stereocenters. The van der Waals surface area contributed by atoms with Crippen molar-refractivity contribution in [1.29, 1.82) is 0 Å². The standard InChI is InChI=1S/C25H24/c1-17-8-4-5-10-22(17)25-16-20(14-12-19(25)3)23-15-13-18(2)21-9-6-7-11-24(21)23/h4,6-9,11-16H,5,10H2,1-3H3. The van der Waals surface area contributed by atoms with Crippen molar-refractivity contribution >= 4 is 16.3 Å². The van der Waals surface area contributed by atoms with Crippen molar-refractivity contribution in [1.82, 2.24) is 0 Å². The summed E-state index contributed by atoms with van der Waals surface area (Å²) in [6.45, 7) is 6.65. The number of benzene rings is 3. The predicted octanol–water partition coefficient (Wildman–Crippen LogP) is 7.25. The molecule has 0 unspecified atom stereocenters. The minimum atomic E-state index is 1.14. The van der Waals surface area contributed by atoms with E-state index in [0.29, 0.717) is 0 Å². The summed E-state index contributed by atoms with van der Waals surface area (Å²) in [5.41, 5.74) is 9.65. The van der Waals surface area contributed by atoms with Crippen molar-refractivity contribution < 1.29 is 0 Å². The average molecular weight is 324 g/mol. The summed E-state index contributed by atoms with van der Waals surface area (Å²) < 4.78 is 0. The Bertz CT molecular complexity index is 1020. The predicted molar refractivity (Wildman–Crippen MR) is 110 cm³/mol. The van der Waals surface area contributed by atoms with E-state index in [1.54, 1.807) is 0 Å². The zero-order chi connectivity index (χ0) is 17.4. The number of allylic oxidation sites excluding steroid dienone is 4. The van der Waals surface area contributed by atoms with Crippen molar-refractivity contribution in [3.63, 3.8) is 0 Å². The fraction of sp³-hybridized carbons (Fsp3) is 0.200. The van der Waals surface area contributed by atoms with Gasteiger partial charge in [0, 0.05) is 0 Å². The lowest BCUT2D eigenvalue weighted by Crippen LogP contribution is -1.96. The van der Waals surface area contributed by atoms with E-state index in [1.807, 2.05) is 0 Å². The van der Waals surface area contributed by atoms with Crippen LogP contribution in [0.2, 0.25) is 0 Å². The van der Waals surface area contributed by atoms with E-state index >= 15 is 0 Å². The number of hydrogen-bond donors (Lipinski definition) is 0. The number of hydrogen-bond acceptors (Lipinski definition) is 0. The van der Waals surface area contributed by atoms with Crippen LogP contribution in [-0.4, -0.2) is 0 Å². The first-order chi connectivity index (χ1) is 12.1. The van der Waals surface area contributed by atoms with Crippen molar-refractivity contribution in [3.05, 3.63) is 89.0 Å². The number of aryl methyl sites for hydroxylation is 2. The van der Waals surface area contributed by atoms with Crippen LogP contribution < -0.4 is 0 Å². The lowest BCUT2D eigenvalue weighted by Gasteiger charge is -2.18. The Balaban J connectivity index is 1.93. The van der Waals surface area contributed by atoms with Crippen molar-refractivity contribution in [2.24, 2.45) is 0 Å². The van der Waals surface area contributed by atoms with E-state index in [1.165, 1.54) is 49.7 Å². The van der Waals surface area contributed by atoms with Crippen LogP contribution in [0.3, 0.4) is 0 Å². The molecule has 3 aromatic rings. The summed E-state index contributed by atoms with van der Waals surface area (Å²) >= 11 is 0. The Kier molecular flexibility index (Phi) is 4.05. The van der Waals surface area contributed by atoms with E-state index in [9.17, 15) is 0 Å². The third-order valence-electron chi connectivity index (χ3n) is 5.42. The lowest BCUT2D eigenvalue weighted by atomic mass is 9.87. The summed E-state index contributed by atoms with van der Waals surface area (Å²) in [5, 5.41) is 2.68. The molecule has 124 valence electrons. The fourth-order valence-corrected chi connectivity index (χ4v) is 3.95. The second-order valence-electron chi connectivity index (χ2n) is 7.11. The van der Waals surface area contributed by atoms with Gasteiger partial charge in [0.05, 0.1) is 0 Å². The molecule has 0 spiro atoms. The molecule has 0 radical (unpaired) electrons. The highest BCUT2D eigenvalue weighted by atomic mass is 14.2. The Morgan fingerprint density at radius 3 is 2.28 bits per heavy atom. The smallest absolute Gasteiger partial charge is 0.0103 e. The molecule has 25 heavy (non-hydrogen) atoms. The molecule has 3 aromatic carbocycles. The Hall–Kier alpha value is -2.60. The van der Waals surface area contributed by atoms with Crippen molar-refractivity contribution in [3.8, 4) is 11.1 Å². The van der Waals surface area contributed by atoms with Crippen molar-refractivity contribution in [2.45, 2.75) is 33.6 Å². The molecule has 0 heterocycles. The molecular formula is C25H24. The molecule has 0 amide bonds. The van der Waals surface area contributed by atoms with Gasteiger partial charge in [-0.2, -0.15) is 0 Å². The van der Waals surface area contributed by atoms with Gasteiger partial charge in [0.25, 0.3) is 0 Å². The molecule has 0 saturated heterocycles. The van der Waals surface area contributed by atoms with Gasteiger partial charge in [0.2, 0.25) is 0 Å². The fourth-order valence-electron chi connectivity index (χ4n) is 3.95. The van der Waals surface area contributed by atoms with E-state index in [-0.39, 0.29) is 0 Å². The summed E-state index contributed by atoms with van der Waals surface area (Å²) in [4.78, 5) is 0. The molecule has 0 saturated carbocycles. The van der Waals surface area contributed by atoms with Crippen LogP contribution in [0.25, 0.3) is 27.5 Å². The topological polar surface area (TPSA) is 0 Å². The van der Waals surface area contributed by atoms with Gasteiger partial charge in [-0.25, -0.2) is 0 Å². The molecular weight excluding hydrogens is 300 g/mol. The Morgan fingerprint density at radius 2 is 1.48 bits per heavy atom. The molecule has 0 bridgehead atoms. The molecule has 1 aliphatic carbocycles. The third kappa shape index (κ3) is 2.82. The van der Waals surface area contributed by atoms with Crippen LogP contribution in [-0.2, 0) is 0 Å². The lowest BCUT2D eigenvalue weighted by molar-refractivity contribution is 1.03. The summed E-state index contributed by atoms with van der Waals surface area (Å²) in [6.07, 6.45) is 6.84. The van der Waals surface area contributed by atoms with E-state index in [4.69, 9.17) is 0 Å². The van der Waals surface area contributed by atoms with Gasteiger partial charge in [-0.1, -0.05) is 60.7 Å². The van der Waals surface area contributed by atoms with Crippen LogP contribution in [0.5, 0.6) is 0 Å². The minimum Gasteiger partial charge on any atom is -0.0839 e. The molecule has 0 aliphatic heterocycles. The van der Waals surface area contributed by atoms with Gasteiger partial charge in [0.1, 0.15) is 0 Å². The van der Waals surface area contributed by atoms with Crippen LogP contribution in [0.4, 0.5) is 0 Å². The van der Waals surface area contributed by atoms with Gasteiger partial charge in [0.15, 0.2) is 0 Å². The monoisotopic (exact) mass is 324 g/mol. The molecule has 0 aromatic heterocycles. The molecule has 4 rings (SSSR count). The minimum absolute atomic E-state index is 1.14. The van der Waals surface area contributed by atoms with Crippen molar-refractivity contribution in [2.75, 3.05) is 0 Å². The Morgan fingerprint density at radius 1 is 0.720 bits per heavy atom. The normalized spacial score (nSPS) is 14.4. The molecule has 0 fully saturated rings. The highest BCUT2D eigenvalue weighted by Gasteiger charge is 2.13. The second-order valence-corrected chi connectivity index (χ2v) is 7.11. The first-order valence-electron chi connectivity index (χ1n) is 9.11. The van der Waals surface area contributed by atoms with Crippen LogP contribution in [0, 0.1) is 13.8 Å². The van der Waals surface area contributed by atoms with Gasteiger partial charge >= 0.3 is 0 Å². The summed E-state index contributed by atoms with van der Waals surface area (Å²) in [5.74, 6) is 0. The highest BCUT2D eigenvalue weighted by molar-refractivity contribution is 5.99. The van der Waals surface area contributed by atoms with E-state index in [2.05, 4.69) is 87.5 Å². The van der Waals surface area contributed by atoms with E-state index < -0.39 is 0 Å². The maximum Gasteiger partial charge on any atom is -0.0103 e. The first kappa shape index (κ1) is 15.9. The van der Waals surface area contributed by atoms with Gasteiger partial charge < -0.3 is 0 Å². The maximum atomic E-state index is 2.39. The second kappa shape index (κ2) is 6.37.